The van der Waals surface area contributed by atoms with Gasteiger partial charge in [-0.3, -0.25) is 4.68 Å². The fourth-order valence-corrected chi connectivity index (χ4v) is 5.44. The van der Waals surface area contributed by atoms with Crippen LogP contribution in [0, 0.1) is 11.6 Å². The van der Waals surface area contributed by atoms with Crippen molar-refractivity contribution in [2.75, 3.05) is 6.54 Å². The second kappa shape index (κ2) is 8.01. The largest absolute Gasteiger partial charge is 0.415 e. The van der Waals surface area contributed by atoms with Crippen LogP contribution in [-0.2, 0) is 30.0 Å². The average molecular weight is 492 g/mol. The lowest BCUT2D eigenvalue weighted by Gasteiger charge is -2.26. The molecule has 5 rings (SSSR count). The van der Waals surface area contributed by atoms with Crippen molar-refractivity contribution >= 4 is 21.6 Å². The summed E-state index contributed by atoms with van der Waals surface area (Å²) in [7, 11) is -2.18. The molecule has 2 aromatic carbocycles. The Labute approximate surface area is 192 Å². The van der Waals surface area contributed by atoms with Crippen LogP contribution in [0.5, 0.6) is 0 Å². The fraction of sp³-hybridized carbons (Fsp3) is 0.190. The molecule has 0 N–H and O–H groups in total. The summed E-state index contributed by atoms with van der Waals surface area (Å²) in [5, 5.41) is 12.3. The number of rotatable bonds is 4. The highest BCUT2D eigenvalue weighted by molar-refractivity contribution is 7.89. The van der Waals surface area contributed by atoms with E-state index in [1.54, 1.807) is 11.7 Å². The van der Waals surface area contributed by atoms with Gasteiger partial charge in [0.25, 0.3) is 5.89 Å². The molecule has 0 fully saturated rings. The Kier molecular flexibility index (Phi) is 5.26. The van der Waals surface area contributed by atoms with Crippen molar-refractivity contribution in [3.05, 3.63) is 70.4 Å². The van der Waals surface area contributed by atoms with Crippen molar-refractivity contribution in [2.24, 2.45) is 7.05 Å². The molecule has 12 heteroatoms. The number of fused-ring (bicyclic) bond motifs is 1. The van der Waals surface area contributed by atoms with Crippen LogP contribution in [0.15, 0.2) is 51.8 Å². The van der Waals surface area contributed by atoms with Gasteiger partial charge in [0.15, 0.2) is 5.69 Å². The topological polar surface area (TPSA) is 94.1 Å². The fourth-order valence-electron chi connectivity index (χ4n) is 3.76. The highest BCUT2D eigenvalue weighted by Crippen LogP contribution is 2.33. The third-order valence-corrected chi connectivity index (χ3v) is 7.59. The van der Waals surface area contributed by atoms with Gasteiger partial charge in [-0.05, 0) is 42.5 Å². The monoisotopic (exact) mass is 491 g/mol. The van der Waals surface area contributed by atoms with Gasteiger partial charge in [0.2, 0.25) is 15.9 Å². The molecule has 1 aliphatic rings. The molecule has 0 saturated heterocycles. The van der Waals surface area contributed by atoms with Crippen molar-refractivity contribution in [2.45, 2.75) is 17.9 Å². The van der Waals surface area contributed by atoms with Crippen LogP contribution in [0.4, 0.5) is 8.78 Å². The number of halogens is 3. The first kappa shape index (κ1) is 21.7. The van der Waals surface area contributed by atoms with Crippen LogP contribution in [0.25, 0.3) is 23.0 Å². The Bertz CT molecular complexity index is 1470. The summed E-state index contributed by atoms with van der Waals surface area (Å²) >= 11 is 5.79. The number of sulfonamides is 1. The second-order valence-electron chi connectivity index (χ2n) is 7.48. The zero-order chi connectivity index (χ0) is 23.3. The molecule has 0 unspecified atom stereocenters. The number of aromatic nitrogens is 4. The quantitative estimate of drug-likeness (QED) is 0.431. The first-order valence-corrected chi connectivity index (χ1v) is 11.7. The maximum absolute atomic E-state index is 13.5. The summed E-state index contributed by atoms with van der Waals surface area (Å²) in [5.41, 5.74) is 2.38. The molecule has 0 radical (unpaired) electrons. The van der Waals surface area contributed by atoms with Gasteiger partial charge in [0.1, 0.15) is 11.6 Å². The van der Waals surface area contributed by atoms with E-state index in [0.29, 0.717) is 23.2 Å². The van der Waals surface area contributed by atoms with E-state index >= 15 is 0 Å². The molecule has 170 valence electrons. The van der Waals surface area contributed by atoms with E-state index < -0.39 is 15.8 Å². The number of nitrogens with zero attached hydrogens (tertiary/aromatic N) is 5. The average Bonchev–Trinajstić information content (AvgIpc) is 3.41. The van der Waals surface area contributed by atoms with Crippen LogP contribution in [0.2, 0.25) is 5.02 Å². The summed E-state index contributed by atoms with van der Waals surface area (Å²) in [6.45, 7) is 0.234. The maximum atomic E-state index is 13.5. The van der Waals surface area contributed by atoms with Gasteiger partial charge in [-0.15, -0.1) is 10.2 Å². The Balaban J connectivity index is 1.49. The highest BCUT2D eigenvalue weighted by Gasteiger charge is 2.34. The van der Waals surface area contributed by atoms with Gasteiger partial charge in [0, 0.05) is 43.4 Å². The molecule has 8 nitrogen and oxygen atoms in total. The molecule has 3 heterocycles. The highest BCUT2D eigenvalue weighted by atomic mass is 35.5. The van der Waals surface area contributed by atoms with Crippen LogP contribution in [-0.4, -0.2) is 39.2 Å². The van der Waals surface area contributed by atoms with Crippen molar-refractivity contribution in [1.29, 1.82) is 0 Å². The number of hydrogen-bond donors (Lipinski definition) is 0. The lowest BCUT2D eigenvalue weighted by atomic mass is 10.1. The van der Waals surface area contributed by atoms with E-state index in [1.807, 2.05) is 0 Å². The Morgan fingerprint density at radius 1 is 1.06 bits per heavy atom. The van der Waals surface area contributed by atoms with Gasteiger partial charge < -0.3 is 4.42 Å². The Morgan fingerprint density at radius 2 is 1.79 bits per heavy atom. The Hall–Kier alpha value is -3.15. The summed E-state index contributed by atoms with van der Waals surface area (Å²) in [6, 6.07) is 8.90. The van der Waals surface area contributed by atoms with Crippen molar-refractivity contribution in [3.8, 4) is 23.0 Å². The number of benzene rings is 2. The van der Waals surface area contributed by atoms with Crippen molar-refractivity contribution in [3.63, 3.8) is 0 Å². The summed E-state index contributed by atoms with van der Waals surface area (Å²) in [5.74, 6) is -0.777. The Morgan fingerprint density at radius 3 is 2.52 bits per heavy atom. The van der Waals surface area contributed by atoms with E-state index in [9.17, 15) is 17.2 Å². The predicted molar refractivity (Wildman–Crippen MR) is 115 cm³/mol. The predicted octanol–water partition coefficient (Wildman–Crippen LogP) is 3.82. The molecular weight excluding hydrogens is 476 g/mol. The van der Waals surface area contributed by atoms with E-state index in [0.717, 1.165) is 17.8 Å². The minimum Gasteiger partial charge on any atom is -0.415 e. The molecule has 0 spiro atoms. The SMILES string of the molecule is Cn1nc(-c2nnc(-c3ccc(F)cc3)o2)c2c1CCN(S(=O)(=O)c1ccc(F)c(Cl)c1)C2. The smallest absolute Gasteiger partial charge is 0.268 e. The molecule has 0 bridgehead atoms. The molecule has 1 aliphatic heterocycles. The lowest BCUT2D eigenvalue weighted by molar-refractivity contribution is 0.386. The molecule has 0 aliphatic carbocycles. The van der Waals surface area contributed by atoms with Gasteiger partial charge in [-0.2, -0.15) is 9.40 Å². The number of aryl methyl sites for hydroxylation is 1. The third kappa shape index (κ3) is 3.81. The van der Waals surface area contributed by atoms with Crippen molar-refractivity contribution in [1.82, 2.24) is 24.3 Å². The van der Waals surface area contributed by atoms with Gasteiger partial charge >= 0.3 is 0 Å². The van der Waals surface area contributed by atoms with E-state index in [4.69, 9.17) is 16.0 Å². The molecule has 2 aromatic heterocycles. The minimum atomic E-state index is -3.93. The second-order valence-corrected chi connectivity index (χ2v) is 9.83. The van der Waals surface area contributed by atoms with Crippen LogP contribution in [0.3, 0.4) is 0 Å². The van der Waals surface area contributed by atoms with Gasteiger partial charge in [-0.1, -0.05) is 11.6 Å². The normalized spacial score (nSPS) is 14.4. The van der Waals surface area contributed by atoms with Gasteiger partial charge in [-0.25, -0.2) is 17.2 Å². The van der Waals surface area contributed by atoms with E-state index in [1.165, 1.54) is 34.6 Å². The van der Waals surface area contributed by atoms with E-state index in [2.05, 4.69) is 15.3 Å². The van der Waals surface area contributed by atoms with Crippen LogP contribution >= 0.6 is 11.6 Å². The molecule has 0 saturated carbocycles. The lowest BCUT2D eigenvalue weighted by Crippen LogP contribution is -2.36. The molecule has 0 atom stereocenters. The zero-order valence-electron chi connectivity index (χ0n) is 17.2. The first-order valence-electron chi connectivity index (χ1n) is 9.84. The molecular formula is C21H16ClF2N5O3S. The maximum Gasteiger partial charge on any atom is 0.268 e. The molecule has 33 heavy (non-hydrogen) atoms. The first-order chi connectivity index (χ1) is 15.7. The standard InChI is InChI=1S/C21H16ClF2N5O3S/c1-28-18-8-9-29(33(30,31)14-6-7-17(24)16(22)10-14)11-15(18)19(27-28)21-26-25-20(32-21)12-2-4-13(23)5-3-12/h2-7,10H,8-9,11H2,1H3. The van der Waals surface area contributed by atoms with Crippen LogP contribution < -0.4 is 0 Å². The summed E-state index contributed by atoms with van der Waals surface area (Å²) in [4.78, 5) is -0.0980. The summed E-state index contributed by atoms with van der Waals surface area (Å²) < 4.78 is 61.8. The summed E-state index contributed by atoms with van der Waals surface area (Å²) in [6.07, 6.45) is 0.409. The number of hydrogen-bond acceptors (Lipinski definition) is 6. The van der Waals surface area contributed by atoms with E-state index in [-0.39, 0.29) is 40.6 Å². The molecule has 0 amide bonds. The third-order valence-electron chi connectivity index (χ3n) is 5.45. The zero-order valence-corrected chi connectivity index (χ0v) is 18.7. The van der Waals surface area contributed by atoms with Crippen molar-refractivity contribution < 1.29 is 21.6 Å². The minimum absolute atomic E-state index is 0.0180. The molecule has 4 aromatic rings. The van der Waals surface area contributed by atoms with Gasteiger partial charge in [0.05, 0.1) is 9.92 Å². The van der Waals surface area contributed by atoms with Crippen LogP contribution in [0.1, 0.15) is 11.3 Å².